The largest absolute Gasteiger partial charge is 0.465 e. The van der Waals surface area contributed by atoms with Gasteiger partial charge >= 0.3 is 12.1 Å². The van der Waals surface area contributed by atoms with Crippen molar-refractivity contribution in [2.75, 3.05) is 13.2 Å². The highest BCUT2D eigenvalue weighted by molar-refractivity contribution is 5.81. The van der Waals surface area contributed by atoms with Gasteiger partial charge in [0.05, 0.1) is 18.6 Å². The molecule has 4 rings (SSSR count). The highest BCUT2D eigenvalue weighted by Crippen LogP contribution is 2.52. The molecule has 4 nitrogen and oxygen atoms in total. The number of amides is 1. The quantitative estimate of drug-likeness (QED) is 0.707. The Morgan fingerprint density at radius 2 is 1.89 bits per heavy atom. The average Bonchev–Trinajstić information content (AvgIpc) is 3.01. The Morgan fingerprint density at radius 3 is 2.43 bits per heavy atom. The zero-order valence-corrected chi connectivity index (χ0v) is 15.8. The molecule has 0 aromatic heterocycles. The lowest BCUT2D eigenvalue weighted by Gasteiger charge is -2.46. The van der Waals surface area contributed by atoms with Crippen LogP contribution in [-0.4, -0.2) is 36.0 Å². The summed E-state index contributed by atoms with van der Waals surface area (Å²) >= 11 is 0. The molecule has 1 amide bonds. The number of likely N-dealkylation sites (tertiary alicyclic amines) is 1. The van der Waals surface area contributed by atoms with Crippen LogP contribution >= 0.6 is 0 Å². The van der Waals surface area contributed by atoms with Crippen molar-refractivity contribution in [2.24, 2.45) is 11.3 Å². The number of alkyl halides is 3. The first-order chi connectivity index (χ1) is 13.2. The van der Waals surface area contributed by atoms with Crippen molar-refractivity contribution < 1.29 is 27.5 Å². The molecule has 3 aliphatic rings. The number of hydrogen-bond acceptors (Lipinski definition) is 3. The SMILES string of the molecule is C[C@H]1C[C@H](c2ccc(C(F)(F)F)cc2)CCN1C(=O)C1CC2(COC(=O)C2)C1. The number of ether oxygens (including phenoxy) is 1. The van der Waals surface area contributed by atoms with Crippen LogP contribution in [0.25, 0.3) is 0 Å². The molecule has 1 saturated carbocycles. The topological polar surface area (TPSA) is 46.6 Å². The van der Waals surface area contributed by atoms with E-state index in [2.05, 4.69) is 0 Å². The van der Waals surface area contributed by atoms with Gasteiger partial charge in [-0.25, -0.2) is 0 Å². The minimum Gasteiger partial charge on any atom is -0.465 e. The third kappa shape index (κ3) is 3.51. The number of halogens is 3. The van der Waals surface area contributed by atoms with E-state index in [1.54, 1.807) is 12.1 Å². The van der Waals surface area contributed by atoms with E-state index in [9.17, 15) is 22.8 Å². The lowest BCUT2D eigenvalue weighted by atomic mass is 9.61. The molecule has 0 radical (unpaired) electrons. The Kier molecular flexibility index (Phi) is 4.67. The van der Waals surface area contributed by atoms with Gasteiger partial charge in [0.25, 0.3) is 0 Å². The summed E-state index contributed by atoms with van der Waals surface area (Å²) in [5.74, 6) is 0.0921. The summed E-state index contributed by atoms with van der Waals surface area (Å²) in [6.45, 7) is 3.05. The first-order valence-corrected chi connectivity index (χ1v) is 9.80. The number of rotatable bonds is 2. The van der Waals surface area contributed by atoms with E-state index in [-0.39, 0.29) is 35.2 Å². The molecule has 2 saturated heterocycles. The van der Waals surface area contributed by atoms with Crippen molar-refractivity contribution in [3.05, 3.63) is 35.4 Å². The number of carbonyl (C=O) groups is 2. The number of piperidine rings is 1. The van der Waals surface area contributed by atoms with E-state index in [0.717, 1.165) is 30.5 Å². The van der Waals surface area contributed by atoms with Crippen LogP contribution < -0.4 is 0 Å². The fourth-order valence-corrected chi connectivity index (χ4v) is 5.05. The Balaban J connectivity index is 1.34. The predicted octanol–water partition coefficient (Wildman–Crippen LogP) is 4.14. The zero-order valence-electron chi connectivity index (χ0n) is 15.8. The molecule has 7 heteroatoms. The van der Waals surface area contributed by atoms with Crippen LogP contribution in [0.3, 0.4) is 0 Å². The summed E-state index contributed by atoms with van der Waals surface area (Å²) in [5, 5.41) is 0. The van der Waals surface area contributed by atoms with Crippen molar-refractivity contribution in [1.82, 2.24) is 4.90 Å². The second-order valence-corrected chi connectivity index (χ2v) is 8.66. The maximum absolute atomic E-state index is 12.9. The first-order valence-electron chi connectivity index (χ1n) is 9.80. The number of hydrogen-bond donors (Lipinski definition) is 0. The second kappa shape index (κ2) is 6.78. The predicted molar refractivity (Wildman–Crippen MR) is 95.3 cm³/mol. The summed E-state index contributed by atoms with van der Waals surface area (Å²) in [7, 11) is 0. The molecular formula is C21H24F3NO3. The van der Waals surface area contributed by atoms with Crippen molar-refractivity contribution in [3.8, 4) is 0 Å². The van der Waals surface area contributed by atoms with Crippen LogP contribution in [0.4, 0.5) is 13.2 Å². The molecular weight excluding hydrogens is 371 g/mol. The van der Waals surface area contributed by atoms with Crippen LogP contribution in [0.5, 0.6) is 0 Å². The molecule has 2 aliphatic heterocycles. The van der Waals surface area contributed by atoms with Gasteiger partial charge in [-0.05, 0) is 56.2 Å². The highest BCUT2D eigenvalue weighted by atomic mass is 19.4. The summed E-state index contributed by atoms with van der Waals surface area (Å²) in [6, 6.07) is 5.44. The molecule has 0 bridgehead atoms. The Hall–Kier alpha value is -2.05. The van der Waals surface area contributed by atoms with Gasteiger partial charge in [0.15, 0.2) is 0 Å². The average molecular weight is 395 g/mol. The fourth-order valence-electron chi connectivity index (χ4n) is 5.05. The maximum Gasteiger partial charge on any atom is 0.416 e. The van der Waals surface area contributed by atoms with Crippen molar-refractivity contribution in [2.45, 2.75) is 57.2 Å². The molecule has 2 heterocycles. The molecule has 2 atom stereocenters. The third-order valence-electron chi connectivity index (χ3n) is 6.64. The smallest absolute Gasteiger partial charge is 0.416 e. The first kappa shape index (κ1) is 19.3. The number of nitrogens with zero attached hydrogens (tertiary/aromatic N) is 1. The van der Waals surface area contributed by atoms with Gasteiger partial charge in [-0.1, -0.05) is 12.1 Å². The summed E-state index contributed by atoms with van der Waals surface area (Å²) < 4.78 is 43.3. The van der Waals surface area contributed by atoms with E-state index in [0.29, 0.717) is 32.4 Å². The molecule has 1 aromatic rings. The fraction of sp³-hybridized carbons (Fsp3) is 0.619. The van der Waals surface area contributed by atoms with Crippen LogP contribution in [0.1, 0.15) is 56.1 Å². The monoisotopic (exact) mass is 395 g/mol. The van der Waals surface area contributed by atoms with Crippen LogP contribution in [0.15, 0.2) is 24.3 Å². The normalized spacial score (nSPS) is 32.9. The van der Waals surface area contributed by atoms with Gasteiger partial charge in [-0.15, -0.1) is 0 Å². The van der Waals surface area contributed by atoms with E-state index >= 15 is 0 Å². The molecule has 1 aromatic carbocycles. The molecule has 1 aliphatic carbocycles. The molecule has 1 spiro atoms. The van der Waals surface area contributed by atoms with Gasteiger partial charge in [-0.2, -0.15) is 13.2 Å². The lowest BCUT2D eigenvalue weighted by molar-refractivity contribution is -0.147. The standard InChI is InChI=1S/C21H24F3NO3/c1-13-8-15(14-2-4-17(5-3-14)21(22,23)24)6-7-25(13)19(27)16-9-20(10-16)11-18(26)28-12-20/h2-5,13,15-16H,6-12H2,1H3/t13-,15+,16?,20?/m0/s1. The highest BCUT2D eigenvalue weighted by Gasteiger charge is 2.53. The van der Waals surface area contributed by atoms with E-state index in [4.69, 9.17) is 4.74 Å². The van der Waals surface area contributed by atoms with E-state index < -0.39 is 11.7 Å². The third-order valence-corrected chi connectivity index (χ3v) is 6.64. The van der Waals surface area contributed by atoms with Crippen LogP contribution in [0.2, 0.25) is 0 Å². The number of benzene rings is 1. The van der Waals surface area contributed by atoms with Crippen LogP contribution in [0, 0.1) is 11.3 Å². The van der Waals surface area contributed by atoms with Gasteiger partial charge in [0.1, 0.15) is 0 Å². The summed E-state index contributed by atoms with van der Waals surface area (Å²) in [4.78, 5) is 26.1. The molecule has 28 heavy (non-hydrogen) atoms. The van der Waals surface area contributed by atoms with Gasteiger partial charge in [0, 0.05) is 23.9 Å². The van der Waals surface area contributed by atoms with Crippen molar-refractivity contribution in [3.63, 3.8) is 0 Å². The molecule has 0 unspecified atom stereocenters. The van der Waals surface area contributed by atoms with Crippen LogP contribution in [-0.2, 0) is 20.5 Å². The van der Waals surface area contributed by atoms with E-state index in [1.165, 1.54) is 0 Å². The summed E-state index contributed by atoms with van der Waals surface area (Å²) in [5.41, 5.74) is 0.139. The Bertz CT molecular complexity index is 768. The minimum atomic E-state index is -4.32. The molecule has 152 valence electrons. The van der Waals surface area contributed by atoms with Crippen molar-refractivity contribution in [1.29, 1.82) is 0 Å². The number of esters is 1. The second-order valence-electron chi connectivity index (χ2n) is 8.66. The maximum atomic E-state index is 12.9. The van der Waals surface area contributed by atoms with Crippen molar-refractivity contribution >= 4 is 11.9 Å². The number of cyclic esters (lactones) is 1. The zero-order chi connectivity index (χ0) is 20.1. The lowest BCUT2D eigenvalue weighted by Crippen LogP contribution is -2.52. The Labute approximate surface area is 162 Å². The van der Waals surface area contributed by atoms with Gasteiger partial charge in [-0.3, -0.25) is 9.59 Å². The Morgan fingerprint density at radius 1 is 1.21 bits per heavy atom. The molecule has 3 fully saturated rings. The van der Waals surface area contributed by atoms with Gasteiger partial charge < -0.3 is 9.64 Å². The molecule has 0 N–H and O–H groups in total. The van der Waals surface area contributed by atoms with E-state index in [1.807, 2.05) is 11.8 Å². The summed E-state index contributed by atoms with van der Waals surface area (Å²) in [6.07, 6.45) is -0.983. The minimum absolute atomic E-state index is 0.0421. The van der Waals surface area contributed by atoms with Gasteiger partial charge in [0.2, 0.25) is 5.91 Å². The number of carbonyl (C=O) groups excluding carboxylic acids is 2.